The predicted molar refractivity (Wildman–Crippen MR) is 115 cm³/mol. The van der Waals surface area contributed by atoms with E-state index in [0.29, 0.717) is 24.3 Å². The summed E-state index contributed by atoms with van der Waals surface area (Å²) in [5.41, 5.74) is 1.03. The molecule has 0 saturated carbocycles. The Hall–Kier alpha value is -3.50. The molecule has 2 aromatic heterocycles. The van der Waals surface area contributed by atoms with Crippen molar-refractivity contribution in [1.29, 1.82) is 0 Å². The zero-order valence-corrected chi connectivity index (χ0v) is 18.3. The van der Waals surface area contributed by atoms with E-state index >= 15 is 0 Å². The Bertz CT molecular complexity index is 1100. The molecule has 1 aromatic carbocycles. The van der Waals surface area contributed by atoms with Crippen LogP contribution >= 0.6 is 0 Å². The number of anilines is 1. The number of alkyl halides is 3. The van der Waals surface area contributed by atoms with Crippen LogP contribution in [0.1, 0.15) is 41.3 Å². The van der Waals surface area contributed by atoms with Crippen LogP contribution in [0.5, 0.6) is 0 Å². The van der Waals surface area contributed by atoms with Crippen LogP contribution in [0.25, 0.3) is 5.69 Å². The Kier molecular flexibility index (Phi) is 6.30. The molecule has 1 amide bonds. The molecule has 1 unspecified atom stereocenters. The van der Waals surface area contributed by atoms with Gasteiger partial charge in [0.15, 0.2) is 0 Å². The van der Waals surface area contributed by atoms with Crippen molar-refractivity contribution in [2.75, 3.05) is 18.4 Å². The number of hydrogen-bond donors (Lipinski definition) is 1. The van der Waals surface area contributed by atoms with Crippen LogP contribution in [0.15, 0.2) is 43.0 Å². The maximum Gasteiger partial charge on any atom is 0.419 e. The van der Waals surface area contributed by atoms with Gasteiger partial charge >= 0.3 is 6.18 Å². The Morgan fingerprint density at radius 3 is 2.55 bits per heavy atom. The second-order valence-corrected chi connectivity index (χ2v) is 8.15. The van der Waals surface area contributed by atoms with Gasteiger partial charge in [-0.3, -0.25) is 4.79 Å². The number of aryl methyl sites for hydroxylation is 1. The van der Waals surface area contributed by atoms with E-state index in [4.69, 9.17) is 0 Å². The minimum atomic E-state index is -4.49. The van der Waals surface area contributed by atoms with Gasteiger partial charge in [-0.2, -0.15) is 28.2 Å². The molecule has 4 rings (SSSR count). The van der Waals surface area contributed by atoms with Gasteiger partial charge in [-0.25, -0.2) is 9.97 Å². The van der Waals surface area contributed by atoms with Crippen LogP contribution < -0.4 is 5.32 Å². The molecular weight excluding hydrogens is 435 g/mol. The predicted octanol–water partition coefficient (Wildman–Crippen LogP) is 3.74. The van der Waals surface area contributed by atoms with Crippen molar-refractivity contribution in [3.8, 4) is 5.69 Å². The van der Waals surface area contributed by atoms with Crippen molar-refractivity contribution in [1.82, 2.24) is 29.9 Å². The molecule has 0 aliphatic carbocycles. The molecule has 1 aliphatic rings. The van der Waals surface area contributed by atoms with Gasteiger partial charge in [0.2, 0.25) is 5.95 Å². The topological polar surface area (TPSA) is 88.8 Å². The maximum atomic E-state index is 13.7. The summed E-state index contributed by atoms with van der Waals surface area (Å²) in [6, 6.07) is 5.34. The lowest BCUT2D eigenvalue weighted by Crippen LogP contribution is -2.51. The highest BCUT2D eigenvalue weighted by Crippen LogP contribution is 2.29. The summed E-state index contributed by atoms with van der Waals surface area (Å²) in [5, 5.41) is 11.4. The number of carbonyl (C=O) groups excluding carboxylic acids is 1. The average molecular weight is 459 g/mol. The van der Waals surface area contributed by atoms with Crippen LogP contribution in [-0.4, -0.2) is 54.9 Å². The van der Waals surface area contributed by atoms with Gasteiger partial charge in [-0.15, -0.1) is 0 Å². The van der Waals surface area contributed by atoms with E-state index in [1.807, 2.05) is 24.0 Å². The SMILES string of the molecule is Cc1cccc(-n2nccn2)c1C(=O)N1CCC[C@@H](C)C1CNc1ncc(C(F)(F)F)cn1. The summed E-state index contributed by atoms with van der Waals surface area (Å²) in [5.74, 6) is 0.137. The average Bonchev–Trinajstić information content (AvgIpc) is 3.32. The van der Waals surface area contributed by atoms with Gasteiger partial charge in [0.1, 0.15) is 0 Å². The molecule has 0 bridgehead atoms. The quantitative estimate of drug-likeness (QED) is 0.625. The molecule has 1 N–H and O–H groups in total. The molecule has 1 aliphatic heterocycles. The number of amides is 1. The van der Waals surface area contributed by atoms with E-state index in [1.54, 1.807) is 18.5 Å². The number of aromatic nitrogens is 5. The maximum absolute atomic E-state index is 13.7. The van der Waals surface area contributed by atoms with Gasteiger partial charge in [0, 0.05) is 25.5 Å². The highest BCUT2D eigenvalue weighted by atomic mass is 19.4. The summed E-state index contributed by atoms with van der Waals surface area (Å²) in [7, 11) is 0. The summed E-state index contributed by atoms with van der Waals surface area (Å²) in [4.78, 5) is 24.5. The molecular formula is C22H24F3N7O. The fourth-order valence-corrected chi connectivity index (χ4v) is 4.16. The monoisotopic (exact) mass is 459 g/mol. The third kappa shape index (κ3) is 4.81. The summed E-state index contributed by atoms with van der Waals surface area (Å²) >= 11 is 0. The van der Waals surface area contributed by atoms with E-state index in [1.165, 1.54) is 4.80 Å². The lowest BCUT2D eigenvalue weighted by atomic mass is 9.89. The van der Waals surface area contributed by atoms with E-state index < -0.39 is 11.7 Å². The third-order valence-electron chi connectivity index (χ3n) is 5.92. The van der Waals surface area contributed by atoms with Gasteiger partial charge in [0.25, 0.3) is 5.91 Å². The molecule has 0 spiro atoms. The first-order valence-corrected chi connectivity index (χ1v) is 10.7. The molecule has 1 saturated heterocycles. The van der Waals surface area contributed by atoms with Crippen molar-refractivity contribution >= 4 is 11.9 Å². The molecule has 1 fully saturated rings. The van der Waals surface area contributed by atoms with Gasteiger partial charge in [-0.05, 0) is 37.3 Å². The normalized spacial score (nSPS) is 18.9. The highest BCUT2D eigenvalue weighted by Gasteiger charge is 2.35. The number of benzene rings is 1. The Balaban J connectivity index is 1.56. The molecule has 33 heavy (non-hydrogen) atoms. The Labute approximate surface area is 188 Å². The number of hydrogen-bond acceptors (Lipinski definition) is 6. The molecule has 0 radical (unpaired) electrons. The summed E-state index contributed by atoms with van der Waals surface area (Å²) in [6.07, 6.45) is 1.91. The molecule has 8 nitrogen and oxygen atoms in total. The minimum Gasteiger partial charge on any atom is -0.352 e. The lowest BCUT2D eigenvalue weighted by molar-refractivity contribution is -0.138. The van der Waals surface area contributed by atoms with Crippen LogP contribution in [0.3, 0.4) is 0 Å². The Morgan fingerprint density at radius 2 is 1.88 bits per heavy atom. The number of piperidine rings is 1. The number of nitrogens with zero attached hydrogens (tertiary/aromatic N) is 6. The smallest absolute Gasteiger partial charge is 0.352 e. The fourth-order valence-electron chi connectivity index (χ4n) is 4.16. The van der Waals surface area contributed by atoms with Gasteiger partial charge in [0.05, 0.1) is 35.2 Å². The first-order valence-electron chi connectivity index (χ1n) is 10.7. The third-order valence-corrected chi connectivity index (χ3v) is 5.92. The van der Waals surface area contributed by atoms with E-state index in [-0.39, 0.29) is 23.8 Å². The second-order valence-electron chi connectivity index (χ2n) is 8.15. The standard InChI is InChI=1S/C22H24F3N7O/c1-14-6-4-10-31(18(14)13-28-21-26-11-16(12-27-21)22(23,24)25)20(33)19-15(2)5-3-7-17(19)32-29-8-9-30-32/h3,5,7-9,11-12,14,18H,4,6,10,13H2,1-2H3,(H,26,27,28)/t14-,18?/m1/s1. The number of halogens is 3. The van der Waals surface area contributed by atoms with Gasteiger partial charge in [-0.1, -0.05) is 19.1 Å². The number of nitrogens with one attached hydrogen (secondary N) is 1. The van der Waals surface area contributed by atoms with Crippen LogP contribution in [0.2, 0.25) is 0 Å². The molecule has 11 heteroatoms. The highest BCUT2D eigenvalue weighted by molar-refractivity contribution is 5.99. The lowest BCUT2D eigenvalue weighted by Gasteiger charge is -2.40. The van der Waals surface area contributed by atoms with Crippen molar-refractivity contribution in [3.05, 3.63) is 59.7 Å². The largest absolute Gasteiger partial charge is 0.419 e. The number of likely N-dealkylation sites (tertiary alicyclic amines) is 1. The number of carbonyl (C=O) groups is 1. The van der Waals surface area contributed by atoms with E-state index in [9.17, 15) is 18.0 Å². The second kappa shape index (κ2) is 9.16. The summed E-state index contributed by atoms with van der Waals surface area (Å²) < 4.78 is 38.3. The van der Waals surface area contributed by atoms with Crippen molar-refractivity contribution in [3.63, 3.8) is 0 Å². The van der Waals surface area contributed by atoms with E-state index in [2.05, 4.69) is 32.4 Å². The van der Waals surface area contributed by atoms with Crippen molar-refractivity contribution in [2.24, 2.45) is 5.92 Å². The molecule has 174 valence electrons. The van der Waals surface area contributed by atoms with E-state index in [0.717, 1.165) is 30.8 Å². The first-order chi connectivity index (χ1) is 15.8. The zero-order chi connectivity index (χ0) is 23.6. The number of rotatable bonds is 5. The Morgan fingerprint density at radius 1 is 1.18 bits per heavy atom. The summed E-state index contributed by atoms with van der Waals surface area (Å²) in [6.45, 7) is 4.83. The van der Waals surface area contributed by atoms with Crippen LogP contribution in [0, 0.1) is 12.8 Å². The minimum absolute atomic E-state index is 0.0884. The van der Waals surface area contributed by atoms with Gasteiger partial charge < -0.3 is 10.2 Å². The fraction of sp³-hybridized carbons (Fsp3) is 0.409. The van der Waals surface area contributed by atoms with Crippen molar-refractivity contribution < 1.29 is 18.0 Å². The first kappa shape index (κ1) is 22.7. The zero-order valence-electron chi connectivity index (χ0n) is 18.3. The molecule has 3 heterocycles. The van der Waals surface area contributed by atoms with Crippen LogP contribution in [0.4, 0.5) is 19.1 Å². The molecule has 2 atom stereocenters. The van der Waals surface area contributed by atoms with Crippen molar-refractivity contribution in [2.45, 2.75) is 38.9 Å². The van der Waals surface area contributed by atoms with Crippen LogP contribution in [-0.2, 0) is 6.18 Å². The molecule has 3 aromatic rings.